The van der Waals surface area contributed by atoms with Crippen LogP contribution in [0, 0.1) is 0 Å². The van der Waals surface area contributed by atoms with Gasteiger partial charge < -0.3 is 5.11 Å². The number of aromatic carboxylic acids is 1. The second-order valence-corrected chi connectivity index (χ2v) is 10.7. The number of hydrogen-bond acceptors (Lipinski definition) is 1. The molecule has 0 fully saturated rings. The zero-order chi connectivity index (χ0) is 23.6. The lowest BCUT2D eigenvalue weighted by Crippen LogP contribution is -2.34. The number of allylic oxidation sites excluding steroid dienone is 1. The highest BCUT2D eigenvalue weighted by Gasteiger charge is 2.37. The summed E-state index contributed by atoms with van der Waals surface area (Å²) in [4.78, 5) is 11.2. The number of benzene rings is 3. The molecule has 170 valence electrons. The molecule has 0 aliphatic heterocycles. The quantitative estimate of drug-likeness (QED) is 0.427. The molecule has 2 nitrogen and oxygen atoms in total. The minimum absolute atomic E-state index is 0.175. The molecule has 0 amide bonds. The molecule has 1 aliphatic rings. The predicted molar refractivity (Wildman–Crippen MR) is 137 cm³/mol. The third kappa shape index (κ3) is 5.11. The molecule has 0 saturated heterocycles. The van der Waals surface area contributed by atoms with E-state index in [1.54, 1.807) is 12.1 Å². The van der Waals surface area contributed by atoms with Gasteiger partial charge in [-0.25, -0.2) is 4.79 Å². The zero-order valence-electron chi connectivity index (χ0n) is 20.1. The van der Waals surface area contributed by atoms with Crippen LogP contribution in [0.2, 0.25) is 0 Å². The molecule has 0 spiro atoms. The zero-order valence-corrected chi connectivity index (χ0v) is 20.1. The van der Waals surface area contributed by atoms with Crippen LogP contribution in [-0.2, 0) is 17.3 Å². The number of carbonyl (C=O) groups is 1. The van der Waals surface area contributed by atoms with Crippen LogP contribution >= 0.6 is 0 Å². The Morgan fingerprint density at radius 2 is 1.52 bits per heavy atom. The fraction of sp³-hybridized carbons (Fsp3) is 0.323. The van der Waals surface area contributed by atoms with Gasteiger partial charge in [-0.15, -0.1) is 0 Å². The summed E-state index contributed by atoms with van der Waals surface area (Å²) in [5.74, 6) is -0.662. The highest BCUT2D eigenvalue weighted by Crippen LogP contribution is 2.46. The number of fused-ring (bicyclic) bond motifs is 1. The van der Waals surface area contributed by atoms with E-state index in [1.807, 2.05) is 12.1 Å². The van der Waals surface area contributed by atoms with Crippen molar-refractivity contribution in [3.8, 4) is 0 Å². The molecule has 0 bridgehead atoms. The average molecular weight is 439 g/mol. The minimum Gasteiger partial charge on any atom is -0.478 e. The van der Waals surface area contributed by atoms with Crippen molar-refractivity contribution in [3.05, 3.63) is 112 Å². The largest absolute Gasteiger partial charge is 0.478 e. The van der Waals surface area contributed by atoms with Crippen LogP contribution in [0.4, 0.5) is 0 Å². The first-order valence-electron chi connectivity index (χ1n) is 11.9. The van der Waals surface area contributed by atoms with E-state index >= 15 is 0 Å². The molecular weight excluding hydrogens is 404 g/mol. The molecule has 2 heteroatoms. The SMILES string of the molecule is CC1(C)CCC(C)(C)c2cc(C(C=Cc3ccc(C(=O)O)cc3)Cc3ccccc3)ccc21. The predicted octanol–water partition coefficient (Wildman–Crippen LogP) is 7.77. The third-order valence-electron chi connectivity index (χ3n) is 7.28. The van der Waals surface area contributed by atoms with Crippen LogP contribution < -0.4 is 0 Å². The van der Waals surface area contributed by atoms with Gasteiger partial charge in [0, 0.05) is 5.92 Å². The van der Waals surface area contributed by atoms with Crippen molar-refractivity contribution < 1.29 is 9.90 Å². The second kappa shape index (κ2) is 9.02. The average Bonchev–Trinajstić information content (AvgIpc) is 2.80. The molecule has 0 aromatic heterocycles. The van der Waals surface area contributed by atoms with Crippen molar-refractivity contribution in [2.24, 2.45) is 0 Å². The summed E-state index contributed by atoms with van der Waals surface area (Å²) < 4.78 is 0. The number of carboxylic acid groups (broad SMARTS) is 1. The molecule has 0 radical (unpaired) electrons. The van der Waals surface area contributed by atoms with E-state index in [1.165, 1.54) is 35.1 Å². The van der Waals surface area contributed by atoms with E-state index in [9.17, 15) is 4.79 Å². The lowest BCUT2D eigenvalue weighted by molar-refractivity contribution is 0.0697. The highest BCUT2D eigenvalue weighted by atomic mass is 16.4. The smallest absolute Gasteiger partial charge is 0.335 e. The van der Waals surface area contributed by atoms with E-state index in [0.29, 0.717) is 5.56 Å². The Bertz CT molecular complexity index is 1150. The van der Waals surface area contributed by atoms with Gasteiger partial charge in [-0.1, -0.05) is 101 Å². The lowest BCUT2D eigenvalue weighted by Gasteiger charge is -2.42. The van der Waals surface area contributed by atoms with Crippen molar-refractivity contribution >= 4 is 12.0 Å². The molecule has 4 rings (SSSR count). The van der Waals surface area contributed by atoms with Gasteiger partial charge in [-0.3, -0.25) is 0 Å². The molecule has 1 unspecified atom stereocenters. The standard InChI is InChI=1S/C31H34O2/c1-30(2)18-19-31(3,4)28-21-26(16-17-27(28)30)25(20-23-8-6-5-7-9-23)15-12-22-10-13-24(14-11-22)29(32)33/h5-17,21,25H,18-20H2,1-4H3,(H,32,33). The van der Waals surface area contributed by atoms with Crippen LogP contribution in [0.3, 0.4) is 0 Å². The van der Waals surface area contributed by atoms with Crippen molar-refractivity contribution in [3.63, 3.8) is 0 Å². The van der Waals surface area contributed by atoms with E-state index < -0.39 is 5.97 Å². The van der Waals surface area contributed by atoms with Crippen LogP contribution in [0.5, 0.6) is 0 Å². The summed E-state index contributed by atoms with van der Waals surface area (Å²) in [6.07, 6.45) is 7.73. The Labute approximate surface area is 198 Å². The maximum Gasteiger partial charge on any atom is 0.335 e. The Balaban J connectivity index is 1.71. The van der Waals surface area contributed by atoms with E-state index in [4.69, 9.17) is 5.11 Å². The van der Waals surface area contributed by atoms with Crippen molar-refractivity contribution in [2.45, 2.75) is 63.7 Å². The first-order chi connectivity index (χ1) is 15.7. The number of carboxylic acids is 1. The Kier molecular flexibility index (Phi) is 6.30. The molecule has 1 aliphatic carbocycles. The minimum atomic E-state index is -0.896. The second-order valence-electron chi connectivity index (χ2n) is 10.7. The maximum atomic E-state index is 11.2. The van der Waals surface area contributed by atoms with E-state index in [-0.39, 0.29) is 16.7 Å². The van der Waals surface area contributed by atoms with Gasteiger partial charge in [0.2, 0.25) is 0 Å². The molecule has 3 aromatic carbocycles. The van der Waals surface area contributed by atoms with Gasteiger partial charge in [0.05, 0.1) is 5.56 Å². The van der Waals surface area contributed by atoms with Crippen LogP contribution in [0.1, 0.15) is 84.6 Å². The van der Waals surface area contributed by atoms with Gasteiger partial charge in [-0.2, -0.15) is 0 Å². The fourth-order valence-corrected chi connectivity index (χ4v) is 4.97. The summed E-state index contributed by atoms with van der Waals surface area (Å²) in [6, 6.07) is 24.8. The van der Waals surface area contributed by atoms with E-state index in [2.05, 4.69) is 88.4 Å². The van der Waals surface area contributed by atoms with Crippen LogP contribution in [-0.4, -0.2) is 11.1 Å². The Morgan fingerprint density at radius 1 is 0.879 bits per heavy atom. The first kappa shape index (κ1) is 23.0. The van der Waals surface area contributed by atoms with Crippen molar-refractivity contribution in [1.82, 2.24) is 0 Å². The summed E-state index contributed by atoms with van der Waals surface area (Å²) in [5.41, 5.74) is 7.31. The fourth-order valence-electron chi connectivity index (χ4n) is 4.97. The Morgan fingerprint density at radius 3 is 2.15 bits per heavy atom. The summed E-state index contributed by atoms with van der Waals surface area (Å²) in [6.45, 7) is 9.47. The molecule has 3 aromatic rings. The normalized spacial score (nSPS) is 17.5. The summed E-state index contributed by atoms with van der Waals surface area (Å²) in [7, 11) is 0. The topological polar surface area (TPSA) is 37.3 Å². The molecule has 1 N–H and O–H groups in total. The molecule has 0 saturated carbocycles. The first-order valence-corrected chi connectivity index (χ1v) is 11.9. The van der Waals surface area contributed by atoms with Crippen LogP contribution in [0.15, 0.2) is 78.9 Å². The molecule has 0 heterocycles. The maximum absolute atomic E-state index is 11.2. The van der Waals surface area contributed by atoms with Gasteiger partial charge in [0.25, 0.3) is 0 Å². The number of hydrogen-bond donors (Lipinski definition) is 1. The van der Waals surface area contributed by atoms with Crippen molar-refractivity contribution in [1.29, 1.82) is 0 Å². The molecule has 33 heavy (non-hydrogen) atoms. The summed E-state index contributed by atoms with van der Waals surface area (Å²) >= 11 is 0. The summed E-state index contributed by atoms with van der Waals surface area (Å²) in [5, 5.41) is 9.16. The highest BCUT2D eigenvalue weighted by molar-refractivity contribution is 5.87. The third-order valence-corrected chi connectivity index (χ3v) is 7.28. The van der Waals surface area contributed by atoms with Crippen molar-refractivity contribution in [2.75, 3.05) is 0 Å². The van der Waals surface area contributed by atoms with Gasteiger partial charge >= 0.3 is 5.97 Å². The Hall–Kier alpha value is -3.13. The van der Waals surface area contributed by atoms with Gasteiger partial charge in [-0.05, 0) is 70.0 Å². The van der Waals surface area contributed by atoms with E-state index in [0.717, 1.165) is 12.0 Å². The van der Waals surface area contributed by atoms with Crippen LogP contribution in [0.25, 0.3) is 6.08 Å². The van der Waals surface area contributed by atoms with Gasteiger partial charge in [0.15, 0.2) is 0 Å². The molecular formula is C31H34O2. The number of rotatable bonds is 6. The monoisotopic (exact) mass is 438 g/mol. The van der Waals surface area contributed by atoms with Gasteiger partial charge in [0.1, 0.15) is 0 Å². The lowest BCUT2D eigenvalue weighted by atomic mass is 9.62. The molecule has 1 atom stereocenters.